The summed E-state index contributed by atoms with van der Waals surface area (Å²) in [6, 6.07) is 1.25. The number of hydrogen-bond acceptors (Lipinski definition) is 1. The lowest BCUT2D eigenvalue weighted by molar-refractivity contribution is -0.925. The highest BCUT2D eigenvalue weighted by Crippen LogP contribution is 2.16. The molecule has 0 N–H and O–H groups in total. The van der Waals surface area contributed by atoms with Gasteiger partial charge in [0.1, 0.15) is 0 Å². The molecule has 0 aromatic carbocycles. The molecule has 0 amide bonds. The first kappa shape index (κ1) is 32.8. The van der Waals surface area contributed by atoms with Gasteiger partial charge in [-0.1, -0.05) is 96.8 Å². The van der Waals surface area contributed by atoms with Crippen LogP contribution in [-0.4, -0.2) is 47.5 Å². The number of unbranched alkanes of at least 4 members (excludes halogenated alkanes) is 15. The van der Waals surface area contributed by atoms with Crippen molar-refractivity contribution in [1.82, 2.24) is 0 Å². The first-order valence-corrected chi connectivity index (χ1v) is 14.5. The van der Waals surface area contributed by atoms with Crippen LogP contribution in [0.15, 0.2) is 0 Å². The molecule has 0 aliphatic rings. The third kappa shape index (κ3) is 20.5. The summed E-state index contributed by atoms with van der Waals surface area (Å²) in [5.41, 5.74) is 0. The Bertz CT molecular complexity index is 313. The van der Waals surface area contributed by atoms with Gasteiger partial charge >= 0.3 is 0 Å². The molecule has 0 saturated carbocycles. The first-order valence-electron chi connectivity index (χ1n) is 13.4. The van der Waals surface area contributed by atoms with Crippen molar-refractivity contribution in [1.29, 1.82) is 0 Å². The minimum Gasteiger partial charge on any atom is -1.00 e. The fourth-order valence-electron chi connectivity index (χ4n) is 4.55. The fourth-order valence-corrected chi connectivity index (χ4v) is 5.06. The van der Waals surface area contributed by atoms with Crippen molar-refractivity contribution in [2.45, 2.75) is 136 Å². The summed E-state index contributed by atoms with van der Waals surface area (Å²) in [5.74, 6) is 0. The lowest BCUT2D eigenvalue weighted by atomic mass is 10.0. The van der Waals surface area contributed by atoms with Gasteiger partial charge in [-0.2, -0.15) is 0 Å². The van der Waals surface area contributed by atoms with Crippen LogP contribution in [0, 0.1) is 0 Å². The standard InChI is InChI=1S/C26H56NOSi.BrH/c1-5-8-9-10-11-12-13-14-15-16-17-18-19-20-21-22-24-27(6-2,7-3)25-23-26-29-28-4;/h5-26H2,1-4H3;1H/q+1;/p-1. The molecule has 0 aromatic rings. The largest absolute Gasteiger partial charge is 1.00 e. The van der Waals surface area contributed by atoms with Crippen LogP contribution in [0.1, 0.15) is 130 Å². The topological polar surface area (TPSA) is 9.23 Å². The predicted molar refractivity (Wildman–Crippen MR) is 133 cm³/mol. The van der Waals surface area contributed by atoms with E-state index in [2.05, 4.69) is 20.8 Å². The molecule has 0 spiro atoms. The van der Waals surface area contributed by atoms with E-state index in [1.54, 1.807) is 0 Å². The zero-order chi connectivity index (χ0) is 21.5. The Morgan fingerprint density at radius 2 is 0.900 bits per heavy atom. The Hall–Kier alpha value is 0.617. The van der Waals surface area contributed by atoms with Gasteiger partial charge in [0.15, 0.2) is 0 Å². The normalized spacial score (nSPS) is 11.6. The Morgan fingerprint density at radius 1 is 0.533 bits per heavy atom. The molecule has 0 bridgehead atoms. The SMILES string of the molecule is CCCCCCCCCCCCCCCCCC[N+](CC)(CC)CCC[Si]OC.[Br-]. The van der Waals surface area contributed by atoms with Crippen molar-refractivity contribution in [2.24, 2.45) is 0 Å². The fraction of sp³-hybridized carbons (Fsp3) is 1.00. The van der Waals surface area contributed by atoms with Crippen molar-refractivity contribution < 1.29 is 25.9 Å². The second-order valence-corrected chi connectivity index (χ2v) is 10.4. The van der Waals surface area contributed by atoms with Gasteiger partial charge < -0.3 is 25.9 Å². The van der Waals surface area contributed by atoms with Gasteiger partial charge in [0.05, 0.1) is 26.2 Å². The van der Waals surface area contributed by atoms with Gasteiger partial charge in [-0.3, -0.25) is 0 Å². The maximum atomic E-state index is 5.24. The highest BCUT2D eigenvalue weighted by Gasteiger charge is 2.21. The maximum Gasteiger partial charge on any atom is 0.229 e. The van der Waals surface area contributed by atoms with E-state index in [-0.39, 0.29) is 17.0 Å². The van der Waals surface area contributed by atoms with Crippen LogP contribution in [0.5, 0.6) is 0 Å². The molecular weight excluding hydrogens is 450 g/mol. The van der Waals surface area contributed by atoms with Crippen molar-refractivity contribution in [2.75, 3.05) is 33.3 Å². The van der Waals surface area contributed by atoms with Crippen molar-refractivity contribution in [3.63, 3.8) is 0 Å². The van der Waals surface area contributed by atoms with E-state index in [0.717, 1.165) is 0 Å². The highest BCUT2D eigenvalue weighted by molar-refractivity contribution is 6.26. The number of rotatable bonds is 24. The number of halogens is 1. The minimum atomic E-state index is 0. The molecule has 4 heteroatoms. The average molecular weight is 507 g/mol. The summed E-state index contributed by atoms with van der Waals surface area (Å²) in [5, 5.41) is 0. The summed E-state index contributed by atoms with van der Waals surface area (Å²) in [6.07, 6.45) is 24.7. The lowest BCUT2D eigenvalue weighted by Gasteiger charge is -2.37. The van der Waals surface area contributed by atoms with Crippen molar-refractivity contribution in [3.05, 3.63) is 0 Å². The van der Waals surface area contributed by atoms with Crippen LogP contribution in [0.25, 0.3) is 0 Å². The van der Waals surface area contributed by atoms with Gasteiger partial charge in [-0.15, -0.1) is 0 Å². The summed E-state index contributed by atoms with van der Waals surface area (Å²) in [7, 11) is 2.52. The molecule has 0 aliphatic carbocycles. The van der Waals surface area contributed by atoms with Crippen LogP contribution in [0.3, 0.4) is 0 Å². The van der Waals surface area contributed by atoms with Crippen LogP contribution in [-0.2, 0) is 4.43 Å². The monoisotopic (exact) mass is 505 g/mol. The van der Waals surface area contributed by atoms with Crippen LogP contribution in [0.4, 0.5) is 0 Å². The smallest absolute Gasteiger partial charge is 0.229 e. The lowest BCUT2D eigenvalue weighted by Crippen LogP contribution is -3.00. The summed E-state index contributed by atoms with van der Waals surface area (Å²) in [6.45, 7) is 12.4. The third-order valence-corrected chi connectivity index (χ3v) is 7.73. The van der Waals surface area contributed by atoms with E-state index < -0.39 is 0 Å². The summed E-state index contributed by atoms with van der Waals surface area (Å²) in [4.78, 5) is 0. The highest BCUT2D eigenvalue weighted by atomic mass is 79.9. The van der Waals surface area contributed by atoms with E-state index >= 15 is 0 Å². The van der Waals surface area contributed by atoms with E-state index in [4.69, 9.17) is 4.43 Å². The molecule has 2 nitrogen and oxygen atoms in total. The van der Waals surface area contributed by atoms with E-state index in [0.29, 0.717) is 9.76 Å². The summed E-state index contributed by atoms with van der Waals surface area (Å²) < 4.78 is 6.56. The van der Waals surface area contributed by atoms with Gasteiger partial charge in [0.25, 0.3) is 0 Å². The quantitative estimate of drug-likeness (QED) is 0.0996. The molecule has 0 fully saturated rings. The maximum absolute atomic E-state index is 5.24. The van der Waals surface area contributed by atoms with Gasteiger partial charge in [0.2, 0.25) is 9.76 Å². The van der Waals surface area contributed by atoms with Crippen LogP contribution >= 0.6 is 0 Å². The second kappa shape index (κ2) is 25.9. The van der Waals surface area contributed by atoms with Crippen LogP contribution in [0.2, 0.25) is 6.04 Å². The Balaban J connectivity index is 0. The second-order valence-electron chi connectivity index (χ2n) is 9.18. The molecule has 182 valence electrons. The molecule has 0 heterocycles. The van der Waals surface area contributed by atoms with Gasteiger partial charge in [-0.05, 0) is 39.2 Å². The summed E-state index contributed by atoms with van der Waals surface area (Å²) >= 11 is 0. The molecule has 0 unspecified atom stereocenters. The number of nitrogens with zero attached hydrogens (tertiary/aromatic N) is 1. The zero-order valence-electron chi connectivity index (χ0n) is 21.3. The average Bonchev–Trinajstić information content (AvgIpc) is 2.75. The first-order chi connectivity index (χ1) is 14.2. The predicted octanol–water partition coefficient (Wildman–Crippen LogP) is 5.18. The molecular formula is C26H56BrNOSi. The molecule has 30 heavy (non-hydrogen) atoms. The molecule has 0 atom stereocenters. The van der Waals surface area contributed by atoms with Gasteiger partial charge in [-0.25, -0.2) is 0 Å². The number of quaternary nitrogens is 1. The molecule has 0 rings (SSSR count). The zero-order valence-corrected chi connectivity index (χ0v) is 23.9. The Morgan fingerprint density at radius 3 is 1.27 bits per heavy atom. The Kier molecular flexibility index (Phi) is 28.3. The Labute approximate surface area is 204 Å². The van der Waals surface area contributed by atoms with Crippen LogP contribution < -0.4 is 17.0 Å². The molecule has 0 aromatic heterocycles. The van der Waals surface area contributed by atoms with E-state index in [1.165, 1.54) is 146 Å². The van der Waals surface area contributed by atoms with Crippen molar-refractivity contribution in [3.8, 4) is 0 Å². The third-order valence-electron chi connectivity index (χ3n) is 6.88. The van der Waals surface area contributed by atoms with Crippen molar-refractivity contribution >= 4 is 9.76 Å². The molecule has 2 radical (unpaired) electrons. The molecule has 0 saturated heterocycles. The van der Waals surface area contributed by atoms with Gasteiger partial charge in [0, 0.05) is 7.11 Å². The molecule has 0 aliphatic heterocycles. The minimum absolute atomic E-state index is 0. The van der Waals surface area contributed by atoms with E-state index in [1.807, 2.05) is 7.11 Å². The number of hydrogen-bond donors (Lipinski definition) is 0. The van der Waals surface area contributed by atoms with E-state index in [9.17, 15) is 0 Å².